The molecule has 0 bridgehead atoms. The highest BCUT2D eigenvalue weighted by atomic mass is 16.5. The van der Waals surface area contributed by atoms with Gasteiger partial charge in [0.1, 0.15) is 11.5 Å². The third-order valence-corrected chi connectivity index (χ3v) is 3.59. The van der Waals surface area contributed by atoms with Gasteiger partial charge in [0, 0.05) is 24.8 Å². The van der Waals surface area contributed by atoms with E-state index in [1.807, 2.05) is 42.5 Å². The fraction of sp³-hybridized carbons (Fsp3) is 0.222. The predicted octanol–water partition coefficient (Wildman–Crippen LogP) is 2.17. The monoisotopic (exact) mass is 344 g/mol. The second-order valence-corrected chi connectivity index (χ2v) is 5.51. The molecule has 0 spiro atoms. The van der Waals surface area contributed by atoms with Gasteiger partial charge in [-0.05, 0) is 42.8 Å². The van der Waals surface area contributed by atoms with Crippen LogP contribution in [0.15, 0.2) is 54.6 Å². The van der Waals surface area contributed by atoms with Crippen molar-refractivity contribution in [3.63, 3.8) is 0 Å². The minimum atomic E-state index is -1.82. The Morgan fingerprint density at radius 2 is 1.52 bits per heavy atom. The van der Waals surface area contributed by atoms with E-state index in [9.17, 15) is 0 Å². The lowest BCUT2D eigenvalue weighted by Crippen LogP contribution is -2.26. The summed E-state index contributed by atoms with van der Waals surface area (Å²) in [6.07, 6.45) is 1.07. The minimum Gasteiger partial charge on any atom is -0.473 e. The molecule has 1 saturated heterocycles. The van der Waals surface area contributed by atoms with Crippen molar-refractivity contribution in [3.8, 4) is 11.5 Å². The molecule has 132 valence electrons. The van der Waals surface area contributed by atoms with Crippen LogP contribution in [0.2, 0.25) is 0 Å². The number of carboxylic acid groups (broad SMARTS) is 2. The van der Waals surface area contributed by atoms with E-state index in [0.29, 0.717) is 6.04 Å². The van der Waals surface area contributed by atoms with E-state index in [-0.39, 0.29) is 0 Å². The fourth-order valence-corrected chi connectivity index (χ4v) is 2.37. The van der Waals surface area contributed by atoms with Crippen molar-refractivity contribution >= 4 is 17.6 Å². The van der Waals surface area contributed by atoms with E-state index in [1.165, 1.54) is 5.69 Å². The number of carboxylic acids is 2. The van der Waals surface area contributed by atoms with E-state index >= 15 is 0 Å². The predicted molar refractivity (Wildman–Crippen MR) is 93.0 cm³/mol. The van der Waals surface area contributed by atoms with E-state index in [1.54, 1.807) is 0 Å². The topological polar surface area (TPSA) is 113 Å². The van der Waals surface area contributed by atoms with E-state index in [4.69, 9.17) is 30.3 Å². The molecule has 3 rings (SSSR count). The van der Waals surface area contributed by atoms with Crippen molar-refractivity contribution in [3.05, 3.63) is 54.6 Å². The van der Waals surface area contributed by atoms with Gasteiger partial charge < -0.3 is 25.6 Å². The number of carbonyl (C=O) groups is 2. The number of anilines is 1. The molecular formula is C18H20N2O5. The van der Waals surface area contributed by atoms with Gasteiger partial charge in [-0.25, -0.2) is 9.59 Å². The molecule has 1 aliphatic rings. The van der Waals surface area contributed by atoms with Gasteiger partial charge in [0.15, 0.2) is 0 Å². The second kappa shape index (κ2) is 8.70. The Morgan fingerprint density at radius 3 is 2.00 bits per heavy atom. The molecule has 0 radical (unpaired) electrons. The summed E-state index contributed by atoms with van der Waals surface area (Å²) in [5.41, 5.74) is 7.14. The molecule has 7 heteroatoms. The molecule has 2 aromatic carbocycles. The average Bonchev–Trinajstić information content (AvgIpc) is 3.03. The third kappa shape index (κ3) is 5.82. The number of hydrogen-bond donors (Lipinski definition) is 3. The van der Waals surface area contributed by atoms with Crippen LogP contribution in [0.4, 0.5) is 5.69 Å². The van der Waals surface area contributed by atoms with Crippen molar-refractivity contribution in [2.75, 3.05) is 18.0 Å². The number of para-hydroxylation sites is 1. The highest BCUT2D eigenvalue weighted by molar-refractivity contribution is 6.27. The fourth-order valence-electron chi connectivity index (χ4n) is 2.37. The van der Waals surface area contributed by atoms with Crippen molar-refractivity contribution < 1.29 is 24.5 Å². The summed E-state index contributed by atoms with van der Waals surface area (Å²) in [6.45, 7) is 1.99. The van der Waals surface area contributed by atoms with Crippen molar-refractivity contribution in [2.45, 2.75) is 12.5 Å². The Balaban J connectivity index is 0.000000326. The Kier molecular flexibility index (Phi) is 6.36. The molecule has 2 aromatic rings. The van der Waals surface area contributed by atoms with Crippen LogP contribution in [0, 0.1) is 0 Å². The molecule has 0 saturated carbocycles. The Hall–Kier alpha value is -3.06. The van der Waals surface area contributed by atoms with Gasteiger partial charge in [0.25, 0.3) is 0 Å². The number of ether oxygens (including phenoxy) is 1. The quantitative estimate of drug-likeness (QED) is 0.731. The van der Waals surface area contributed by atoms with Gasteiger partial charge in [-0.15, -0.1) is 0 Å². The average molecular weight is 344 g/mol. The lowest BCUT2D eigenvalue weighted by molar-refractivity contribution is -0.159. The van der Waals surface area contributed by atoms with Crippen LogP contribution in [-0.4, -0.2) is 41.3 Å². The highest BCUT2D eigenvalue weighted by Gasteiger charge is 2.18. The molecule has 1 unspecified atom stereocenters. The van der Waals surface area contributed by atoms with Crippen LogP contribution in [0.5, 0.6) is 11.5 Å². The first-order valence-corrected chi connectivity index (χ1v) is 7.75. The Bertz CT molecular complexity index is 691. The second-order valence-electron chi connectivity index (χ2n) is 5.51. The molecule has 7 nitrogen and oxygen atoms in total. The van der Waals surface area contributed by atoms with Crippen molar-refractivity contribution in [1.29, 1.82) is 0 Å². The van der Waals surface area contributed by atoms with Crippen molar-refractivity contribution in [2.24, 2.45) is 5.73 Å². The summed E-state index contributed by atoms with van der Waals surface area (Å²) < 4.78 is 5.77. The van der Waals surface area contributed by atoms with Gasteiger partial charge >= 0.3 is 11.9 Å². The van der Waals surface area contributed by atoms with Gasteiger partial charge in [0.05, 0.1) is 0 Å². The first-order valence-electron chi connectivity index (χ1n) is 7.75. The first-order chi connectivity index (χ1) is 12.0. The molecule has 25 heavy (non-hydrogen) atoms. The molecule has 0 aromatic heterocycles. The van der Waals surface area contributed by atoms with Gasteiger partial charge in [-0.1, -0.05) is 18.2 Å². The Morgan fingerprint density at radius 1 is 0.960 bits per heavy atom. The van der Waals surface area contributed by atoms with Gasteiger partial charge in [0.2, 0.25) is 0 Å². The van der Waals surface area contributed by atoms with Crippen molar-refractivity contribution in [1.82, 2.24) is 0 Å². The van der Waals surface area contributed by atoms with Crippen LogP contribution in [0.25, 0.3) is 0 Å². The number of hydrogen-bond acceptors (Lipinski definition) is 5. The van der Waals surface area contributed by atoms with E-state index in [2.05, 4.69) is 17.0 Å². The largest absolute Gasteiger partial charge is 0.473 e. The standard InChI is InChI=1S/C16H18N2O.C2H2O4/c17-13-10-11-18(12-13)14-6-8-16(9-7-14)19-15-4-2-1-3-5-15;3-1(4)2(5)6/h1-9,13H,10-12,17H2;(H,3,4)(H,5,6). The first kappa shape index (κ1) is 18.3. The molecule has 1 atom stereocenters. The van der Waals surface area contributed by atoms with Crippen LogP contribution in [0.1, 0.15) is 6.42 Å². The Labute approximate surface area is 145 Å². The summed E-state index contributed by atoms with van der Waals surface area (Å²) in [5, 5.41) is 14.8. The zero-order valence-corrected chi connectivity index (χ0v) is 13.5. The number of benzene rings is 2. The molecule has 1 aliphatic heterocycles. The molecular weight excluding hydrogens is 324 g/mol. The van der Waals surface area contributed by atoms with Crippen LogP contribution >= 0.6 is 0 Å². The number of aliphatic carboxylic acids is 2. The molecule has 1 fully saturated rings. The third-order valence-electron chi connectivity index (χ3n) is 3.59. The summed E-state index contributed by atoms with van der Waals surface area (Å²) in [5.74, 6) is -1.93. The molecule has 4 N–H and O–H groups in total. The SMILES string of the molecule is NC1CCN(c2ccc(Oc3ccccc3)cc2)C1.O=C(O)C(=O)O. The maximum absolute atomic E-state index is 9.10. The van der Waals surface area contributed by atoms with E-state index in [0.717, 1.165) is 31.0 Å². The molecule has 0 aliphatic carbocycles. The normalized spacial score (nSPS) is 15.9. The summed E-state index contributed by atoms with van der Waals surface area (Å²) >= 11 is 0. The number of nitrogens with zero attached hydrogens (tertiary/aromatic N) is 1. The lowest BCUT2D eigenvalue weighted by atomic mass is 10.2. The van der Waals surface area contributed by atoms with Crippen LogP contribution in [0.3, 0.4) is 0 Å². The smallest absolute Gasteiger partial charge is 0.414 e. The van der Waals surface area contributed by atoms with E-state index < -0.39 is 11.9 Å². The molecule has 0 amide bonds. The minimum absolute atomic E-state index is 0.306. The van der Waals surface area contributed by atoms with Gasteiger partial charge in [-0.2, -0.15) is 0 Å². The maximum Gasteiger partial charge on any atom is 0.414 e. The lowest BCUT2D eigenvalue weighted by Gasteiger charge is -2.18. The zero-order valence-electron chi connectivity index (χ0n) is 13.5. The summed E-state index contributed by atoms with van der Waals surface area (Å²) in [4.78, 5) is 20.5. The highest BCUT2D eigenvalue weighted by Crippen LogP contribution is 2.25. The van der Waals surface area contributed by atoms with Gasteiger partial charge in [-0.3, -0.25) is 0 Å². The maximum atomic E-state index is 9.10. The zero-order chi connectivity index (χ0) is 18.2. The summed E-state index contributed by atoms with van der Waals surface area (Å²) in [6, 6.07) is 18.3. The molecule has 1 heterocycles. The van der Waals surface area contributed by atoms with Crippen LogP contribution in [-0.2, 0) is 9.59 Å². The van der Waals surface area contributed by atoms with Crippen LogP contribution < -0.4 is 15.4 Å². The summed E-state index contributed by atoms with van der Waals surface area (Å²) in [7, 11) is 0. The number of nitrogens with two attached hydrogens (primary N) is 1. The number of rotatable bonds is 3.